The number of fused-ring (bicyclic) bond motifs is 1. The molecule has 11 heteroatoms. The van der Waals surface area contributed by atoms with Crippen LogP contribution in [0, 0.1) is 0 Å². The van der Waals surface area contributed by atoms with Crippen LogP contribution in [0.5, 0.6) is 5.75 Å². The lowest BCUT2D eigenvalue weighted by Crippen LogP contribution is -2.19. The highest BCUT2D eigenvalue weighted by Gasteiger charge is 2.16. The first kappa shape index (κ1) is 19.1. The van der Waals surface area contributed by atoms with Crippen LogP contribution in [0.2, 0.25) is 0 Å². The zero-order chi connectivity index (χ0) is 20.5. The van der Waals surface area contributed by atoms with E-state index in [4.69, 9.17) is 11.5 Å². The third-order valence-corrected chi connectivity index (χ3v) is 4.67. The summed E-state index contributed by atoms with van der Waals surface area (Å²) in [6, 6.07) is 10.7. The molecule has 3 aromatic rings. The number of nitrogens with two attached hydrogens (primary N) is 2. The Labute approximate surface area is 159 Å². The van der Waals surface area contributed by atoms with Crippen LogP contribution < -0.4 is 16.8 Å². The number of aromatic hydroxyl groups is 1. The van der Waals surface area contributed by atoms with Gasteiger partial charge in [-0.05, 0) is 47.9 Å². The van der Waals surface area contributed by atoms with Gasteiger partial charge in [-0.15, -0.1) is 10.2 Å². The maximum atomic E-state index is 11.5. The number of nitrogens with zero attached hydrogens (tertiary/aromatic N) is 2. The topological polar surface area (TPSA) is 180 Å². The summed E-state index contributed by atoms with van der Waals surface area (Å²) >= 11 is 0. The van der Waals surface area contributed by atoms with Gasteiger partial charge in [0.05, 0.1) is 0 Å². The van der Waals surface area contributed by atoms with E-state index in [1.807, 2.05) is 0 Å². The number of amides is 2. The highest BCUT2D eigenvalue weighted by Crippen LogP contribution is 2.37. The van der Waals surface area contributed by atoms with Gasteiger partial charge >= 0.3 is 6.03 Å². The molecule has 28 heavy (non-hydrogen) atoms. The van der Waals surface area contributed by atoms with Crippen molar-refractivity contribution in [2.45, 2.75) is 4.90 Å². The molecule has 3 rings (SSSR count). The number of phenolic OH excluding ortho intramolecular Hbond substituents is 1. The number of carbonyl (C=O) groups excluding carboxylic acids is 1. The summed E-state index contributed by atoms with van der Waals surface area (Å²) < 4.78 is 32.2. The number of carbonyl (C=O) groups is 1. The van der Waals surface area contributed by atoms with Crippen molar-refractivity contribution < 1.29 is 22.9 Å². The summed E-state index contributed by atoms with van der Waals surface area (Å²) in [4.78, 5) is 10.5. The van der Waals surface area contributed by atoms with Gasteiger partial charge in [0, 0.05) is 16.8 Å². The van der Waals surface area contributed by atoms with Crippen LogP contribution in [-0.4, -0.2) is 24.1 Å². The molecule has 0 saturated heterocycles. The fourth-order valence-corrected chi connectivity index (χ4v) is 3.15. The van der Waals surface area contributed by atoms with Crippen molar-refractivity contribution in [2.24, 2.45) is 16.0 Å². The molecule has 0 saturated carbocycles. The molecule has 10 nitrogen and oxygen atoms in total. The first-order chi connectivity index (χ1) is 13.1. The number of hydrogen-bond donors (Lipinski definition) is 5. The van der Waals surface area contributed by atoms with E-state index in [1.165, 1.54) is 18.2 Å². The number of phenols is 1. The van der Waals surface area contributed by atoms with Gasteiger partial charge in [-0.1, -0.05) is 6.07 Å². The van der Waals surface area contributed by atoms with Gasteiger partial charge in [-0.2, -0.15) is 8.42 Å². The molecule has 2 amide bonds. The fourth-order valence-electron chi connectivity index (χ4n) is 2.54. The number of hydrogen-bond acceptors (Lipinski definition) is 7. The largest absolute Gasteiger partial charge is 0.505 e. The van der Waals surface area contributed by atoms with Crippen molar-refractivity contribution >= 4 is 49.7 Å². The van der Waals surface area contributed by atoms with Crippen molar-refractivity contribution in [1.82, 2.24) is 0 Å². The first-order valence-electron chi connectivity index (χ1n) is 7.76. The highest BCUT2D eigenvalue weighted by atomic mass is 32.2. The van der Waals surface area contributed by atoms with E-state index in [2.05, 4.69) is 15.5 Å². The maximum absolute atomic E-state index is 11.5. The summed E-state index contributed by atoms with van der Waals surface area (Å²) in [5.74, 6) is -0.204. The van der Waals surface area contributed by atoms with E-state index < -0.39 is 21.0 Å². The van der Waals surface area contributed by atoms with Crippen molar-refractivity contribution in [3.63, 3.8) is 0 Å². The molecule has 0 spiro atoms. The smallest absolute Gasteiger partial charge is 0.316 e. The van der Waals surface area contributed by atoms with Crippen molar-refractivity contribution in [3.05, 3.63) is 48.5 Å². The van der Waals surface area contributed by atoms with E-state index in [1.54, 1.807) is 24.3 Å². The standard InChI is InChI=1S/C17H15N5O5S/c18-10-2-6-15(28(25,26)27)14(8-10)22-21-13-5-1-9-7-11(20-17(19)24)3-4-12(9)16(13)23/h1-8,23H,18H2,(H3,19,20,24)(H,25,26,27). The predicted molar refractivity (Wildman–Crippen MR) is 104 cm³/mol. The van der Waals surface area contributed by atoms with Crippen molar-refractivity contribution in [3.8, 4) is 5.75 Å². The molecular formula is C17H15N5O5S. The Kier molecular flexibility index (Phi) is 4.86. The van der Waals surface area contributed by atoms with E-state index in [0.717, 1.165) is 6.07 Å². The zero-order valence-electron chi connectivity index (χ0n) is 14.2. The Morgan fingerprint density at radius 3 is 2.39 bits per heavy atom. The van der Waals surface area contributed by atoms with Gasteiger partial charge in [-0.3, -0.25) is 4.55 Å². The van der Waals surface area contributed by atoms with Crippen LogP contribution in [0.1, 0.15) is 0 Å². The van der Waals surface area contributed by atoms with E-state index in [-0.39, 0.29) is 22.8 Å². The van der Waals surface area contributed by atoms with Crippen molar-refractivity contribution in [2.75, 3.05) is 11.1 Å². The summed E-state index contributed by atoms with van der Waals surface area (Å²) in [6.45, 7) is 0. The molecule has 0 aliphatic carbocycles. The van der Waals surface area contributed by atoms with E-state index in [0.29, 0.717) is 16.5 Å². The van der Waals surface area contributed by atoms with E-state index >= 15 is 0 Å². The zero-order valence-corrected chi connectivity index (χ0v) is 15.0. The number of benzene rings is 3. The first-order valence-corrected chi connectivity index (χ1v) is 9.20. The monoisotopic (exact) mass is 401 g/mol. The second kappa shape index (κ2) is 7.13. The molecule has 0 aromatic heterocycles. The molecular weight excluding hydrogens is 386 g/mol. The molecule has 7 N–H and O–H groups in total. The molecule has 0 unspecified atom stereocenters. The van der Waals surface area contributed by atoms with Crippen LogP contribution >= 0.6 is 0 Å². The van der Waals surface area contributed by atoms with Gasteiger partial charge in [0.25, 0.3) is 10.1 Å². The predicted octanol–water partition coefficient (Wildman–Crippen LogP) is 3.28. The minimum Gasteiger partial charge on any atom is -0.505 e. The average Bonchev–Trinajstić information content (AvgIpc) is 2.59. The van der Waals surface area contributed by atoms with Crippen LogP contribution in [-0.2, 0) is 10.1 Å². The number of nitrogen functional groups attached to an aromatic ring is 1. The van der Waals surface area contributed by atoms with Crippen molar-refractivity contribution in [1.29, 1.82) is 0 Å². The van der Waals surface area contributed by atoms with Crippen LogP contribution in [0.25, 0.3) is 10.8 Å². The molecule has 0 aliphatic heterocycles. The van der Waals surface area contributed by atoms with Gasteiger partial charge in [0.15, 0.2) is 5.75 Å². The number of rotatable bonds is 4. The second-order valence-electron chi connectivity index (χ2n) is 5.76. The minimum atomic E-state index is -4.53. The number of urea groups is 1. The quantitative estimate of drug-likeness (QED) is 0.254. The Balaban J connectivity index is 2.03. The molecule has 0 heterocycles. The molecule has 0 aliphatic rings. The van der Waals surface area contributed by atoms with E-state index in [9.17, 15) is 22.9 Å². The molecule has 0 fully saturated rings. The molecule has 0 bridgehead atoms. The normalized spacial score (nSPS) is 11.8. The van der Waals surface area contributed by atoms with Gasteiger partial charge in [0.2, 0.25) is 0 Å². The second-order valence-corrected chi connectivity index (χ2v) is 7.15. The lowest BCUT2D eigenvalue weighted by Gasteiger charge is -2.07. The number of primary amides is 1. The van der Waals surface area contributed by atoms with Gasteiger partial charge < -0.3 is 21.9 Å². The highest BCUT2D eigenvalue weighted by molar-refractivity contribution is 7.86. The molecule has 0 atom stereocenters. The molecule has 3 aromatic carbocycles. The lowest BCUT2D eigenvalue weighted by molar-refractivity contribution is 0.259. The lowest BCUT2D eigenvalue weighted by atomic mass is 10.1. The minimum absolute atomic E-state index is 0.0619. The van der Waals surface area contributed by atoms with Crippen LogP contribution in [0.3, 0.4) is 0 Å². The third kappa shape index (κ3) is 4.00. The Bertz CT molecular complexity index is 1220. The van der Waals surface area contributed by atoms with Gasteiger partial charge in [-0.25, -0.2) is 4.79 Å². The number of azo groups is 1. The Morgan fingerprint density at radius 2 is 1.71 bits per heavy atom. The fraction of sp³-hybridized carbons (Fsp3) is 0. The SMILES string of the molecule is NC(=O)Nc1ccc2c(O)c(N=Nc3cc(N)ccc3S(=O)(=O)O)ccc2c1. The summed E-state index contributed by atoms with van der Waals surface area (Å²) in [5, 5.41) is 21.5. The number of anilines is 2. The van der Waals surface area contributed by atoms with Crippen LogP contribution in [0.15, 0.2) is 63.7 Å². The van der Waals surface area contributed by atoms with Gasteiger partial charge in [0.1, 0.15) is 16.3 Å². The summed E-state index contributed by atoms with van der Waals surface area (Å²) in [5.41, 5.74) is 11.3. The molecule has 0 radical (unpaired) electrons. The molecule has 144 valence electrons. The summed E-state index contributed by atoms with van der Waals surface area (Å²) in [6.07, 6.45) is 0. The average molecular weight is 401 g/mol. The Morgan fingerprint density at radius 1 is 1.00 bits per heavy atom. The third-order valence-electron chi connectivity index (χ3n) is 3.76. The van der Waals surface area contributed by atoms with Crippen LogP contribution in [0.4, 0.5) is 27.5 Å². The maximum Gasteiger partial charge on any atom is 0.316 e. The Hall–Kier alpha value is -3.70. The number of nitrogens with one attached hydrogen (secondary N) is 1. The summed E-state index contributed by atoms with van der Waals surface area (Å²) in [7, 11) is -4.53.